The molecule has 0 atom stereocenters. The number of rotatable bonds is 1. The highest BCUT2D eigenvalue weighted by Crippen LogP contribution is 1.75. The van der Waals surface area contributed by atoms with Crippen LogP contribution in [-0.2, 0) is 18.8 Å². The molecule has 0 amide bonds. The summed E-state index contributed by atoms with van der Waals surface area (Å²) in [5.41, 5.74) is 0. The molecule has 0 aliphatic rings. The average Bonchev–Trinajstić information content (AvgIpc) is 2.02. The minimum atomic E-state index is -0.280. The predicted octanol–water partition coefficient (Wildman–Crippen LogP) is -0.0870. The molecule has 0 spiro atoms. The van der Waals surface area contributed by atoms with Crippen molar-refractivity contribution in [3.63, 3.8) is 0 Å². The molecule has 4 nitrogen and oxygen atoms in total. The molecule has 70 valence electrons. The van der Waals surface area contributed by atoms with Gasteiger partial charge in [-0.15, -0.1) is 0 Å². The Morgan fingerprint density at radius 3 is 1.75 bits per heavy atom. The molecule has 0 rings (SSSR count). The number of hydrogen-bond acceptors (Lipinski definition) is 4. The van der Waals surface area contributed by atoms with Crippen LogP contribution >= 0.6 is 0 Å². The van der Waals surface area contributed by atoms with Crippen LogP contribution in [0.2, 0.25) is 0 Å². The lowest BCUT2D eigenvalue weighted by atomic mass is 10.7. The molecule has 0 fully saturated rings. The molecule has 0 N–H and O–H groups in total. The minimum Gasteiger partial charge on any atom is -0.529 e. The molecule has 0 radical (unpaired) electrons. The van der Waals surface area contributed by atoms with E-state index in [0.29, 0.717) is 10.5 Å². The summed E-state index contributed by atoms with van der Waals surface area (Å²) in [6.07, 6.45) is 3.00. The van der Waals surface area contributed by atoms with Gasteiger partial charge in [0.25, 0.3) is 5.97 Å². The molecule has 0 aliphatic carbocycles. The highest BCUT2D eigenvalue weighted by atomic mass is 28.2. The SMILES string of the molecule is CC(=O)O[SiH3].CC=COC(C)=O. The molecule has 0 bridgehead atoms. The molecular weight excluding hydrogens is 176 g/mol. The van der Waals surface area contributed by atoms with Crippen molar-refractivity contribution < 1.29 is 18.8 Å². The average molecular weight is 190 g/mol. The van der Waals surface area contributed by atoms with Gasteiger partial charge in [0.2, 0.25) is 10.5 Å². The Balaban J connectivity index is 0. The number of ether oxygens (including phenoxy) is 1. The summed E-state index contributed by atoms with van der Waals surface area (Å²) in [6.45, 7) is 4.54. The predicted molar refractivity (Wildman–Crippen MR) is 48.3 cm³/mol. The Labute approximate surface area is 75.1 Å². The number of carbonyl (C=O) groups is 2. The topological polar surface area (TPSA) is 52.6 Å². The standard InChI is InChI=1S/C5H8O2.C2H6O2Si/c1-3-4-7-5(2)6;1-2(3)4-5/h3-4H,1-2H3;1,5H3. The highest BCUT2D eigenvalue weighted by molar-refractivity contribution is 6.04. The summed E-state index contributed by atoms with van der Waals surface area (Å²) in [7, 11) is 0.524. The summed E-state index contributed by atoms with van der Waals surface area (Å²) < 4.78 is 8.62. The van der Waals surface area contributed by atoms with E-state index < -0.39 is 0 Å². The number of esters is 1. The van der Waals surface area contributed by atoms with Gasteiger partial charge in [0.05, 0.1) is 6.26 Å². The number of hydrogen-bond donors (Lipinski definition) is 0. The molecule has 0 unspecified atom stereocenters. The molecule has 0 aromatic carbocycles. The zero-order valence-electron chi connectivity index (χ0n) is 7.79. The molecule has 5 heteroatoms. The number of allylic oxidation sites excluding steroid dienone is 1. The first kappa shape index (κ1) is 13.5. The fourth-order valence-corrected chi connectivity index (χ4v) is 0.164. The lowest BCUT2D eigenvalue weighted by molar-refractivity contribution is -0.135. The smallest absolute Gasteiger partial charge is 0.307 e. The van der Waals surface area contributed by atoms with Crippen LogP contribution in [0.25, 0.3) is 0 Å². The van der Waals surface area contributed by atoms with Crippen LogP contribution in [0.4, 0.5) is 0 Å². The lowest BCUT2D eigenvalue weighted by Crippen LogP contribution is -1.90. The van der Waals surface area contributed by atoms with E-state index in [2.05, 4.69) is 9.16 Å². The zero-order chi connectivity index (χ0) is 9.98. The van der Waals surface area contributed by atoms with E-state index in [4.69, 9.17) is 0 Å². The summed E-state index contributed by atoms with van der Waals surface area (Å²) in [5.74, 6) is -0.463. The van der Waals surface area contributed by atoms with Crippen LogP contribution in [-0.4, -0.2) is 22.4 Å². The van der Waals surface area contributed by atoms with Crippen LogP contribution in [0.15, 0.2) is 12.3 Å². The van der Waals surface area contributed by atoms with E-state index in [-0.39, 0.29) is 11.9 Å². The van der Waals surface area contributed by atoms with E-state index >= 15 is 0 Å². The van der Waals surface area contributed by atoms with Crippen molar-refractivity contribution in [1.29, 1.82) is 0 Å². The van der Waals surface area contributed by atoms with Gasteiger partial charge < -0.3 is 9.16 Å². The van der Waals surface area contributed by atoms with E-state index in [9.17, 15) is 9.59 Å². The Hall–Kier alpha value is -1.10. The quantitative estimate of drug-likeness (QED) is 0.329. The fraction of sp³-hybridized carbons (Fsp3) is 0.429. The first-order chi connectivity index (χ1) is 5.54. The Morgan fingerprint density at radius 1 is 1.25 bits per heavy atom. The lowest BCUT2D eigenvalue weighted by Gasteiger charge is -1.85. The molecule has 0 aliphatic heterocycles. The van der Waals surface area contributed by atoms with Crippen molar-refractivity contribution in [2.75, 3.05) is 0 Å². The van der Waals surface area contributed by atoms with Crippen molar-refractivity contribution >= 4 is 22.4 Å². The first-order valence-electron chi connectivity index (χ1n) is 3.37. The van der Waals surface area contributed by atoms with Crippen LogP contribution in [0.5, 0.6) is 0 Å². The van der Waals surface area contributed by atoms with Crippen LogP contribution in [0.3, 0.4) is 0 Å². The first-order valence-corrected chi connectivity index (χ1v) is 4.19. The highest BCUT2D eigenvalue weighted by Gasteiger charge is 1.80. The molecule has 0 aromatic rings. The second-order valence-electron chi connectivity index (χ2n) is 1.77. The third-order valence-electron chi connectivity index (χ3n) is 0.658. The van der Waals surface area contributed by atoms with Crippen LogP contribution in [0, 0.1) is 0 Å². The van der Waals surface area contributed by atoms with Gasteiger partial charge in [-0.1, -0.05) is 6.08 Å². The second-order valence-corrected chi connectivity index (χ2v) is 2.18. The molecule has 0 saturated heterocycles. The maximum Gasteiger partial charge on any atom is 0.307 e. The minimum absolute atomic E-state index is 0.184. The zero-order valence-corrected chi connectivity index (χ0v) is 9.79. The van der Waals surface area contributed by atoms with E-state index in [1.165, 1.54) is 20.1 Å². The van der Waals surface area contributed by atoms with Crippen molar-refractivity contribution in [2.24, 2.45) is 0 Å². The van der Waals surface area contributed by atoms with E-state index in [0.717, 1.165) is 0 Å². The Kier molecular flexibility index (Phi) is 11.1. The largest absolute Gasteiger partial charge is 0.529 e. The second kappa shape index (κ2) is 9.90. The van der Waals surface area contributed by atoms with Crippen molar-refractivity contribution in [1.82, 2.24) is 0 Å². The Bertz CT molecular complexity index is 165. The molecule has 12 heavy (non-hydrogen) atoms. The maximum absolute atomic E-state index is 9.93. The Morgan fingerprint density at radius 2 is 1.67 bits per heavy atom. The molecule has 0 saturated carbocycles. The number of carbonyl (C=O) groups excluding carboxylic acids is 2. The fourth-order valence-electron chi connectivity index (χ4n) is 0.164. The third kappa shape index (κ3) is 23.1. The summed E-state index contributed by atoms with van der Waals surface area (Å²) in [6, 6.07) is 0. The van der Waals surface area contributed by atoms with Gasteiger partial charge in [-0.2, -0.15) is 0 Å². The van der Waals surface area contributed by atoms with Crippen molar-refractivity contribution in [2.45, 2.75) is 20.8 Å². The van der Waals surface area contributed by atoms with Crippen molar-refractivity contribution in [3.05, 3.63) is 12.3 Å². The third-order valence-corrected chi connectivity index (χ3v) is 1.23. The molecule has 0 aromatic heterocycles. The van der Waals surface area contributed by atoms with Gasteiger partial charge in [-0.3, -0.25) is 9.59 Å². The van der Waals surface area contributed by atoms with E-state index in [1.807, 2.05) is 0 Å². The van der Waals surface area contributed by atoms with Crippen LogP contribution in [0.1, 0.15) is 20.8 Å². The van der Waals surface area contributed by atoms with Gasteiger partial charge in [0, 0.05) is 13.8 Å². The van der Waals surface area contributed by atoms with Crippen molar-refractivity contribution in [3.8, 4) is 0 Å². The maximum atomic E-state index is 9.93. The summed E-state index contributed by atoms with van der Waals surface area (Å²) in [5, 5.41) is 0. The summed E-state index contributed by atoms with van der Waals surface area (Å²) >= 11 is 0. The van der Waals surface area contributed by atoms with Gasteiger partial charge in [-0.05, 0) is 6.92 Å². The van der Waals surface area contributed by atoms with Gasteiger partial charge >= 0.3 is 5.97 Å². The van der Waals surface area contributed by atoms with Crippen LogP contribution < -0.4 is 0 Å². The van der Waals surface area contributed by atoms with Gasteiger partial charge in [-0.25, -0.2) is 0 Å². The summed E-state index contributed by atoms with van der Waals surface area (Å²) in [4.78, 5) is 19.6. The van der Waals surface area contributed by atoms with Gasteiger partial charge in [0.15, 0.2) is 0 Å². The van der Waals surface area contributed by atoms with E-state index in [1.54, 1.807) is 13.0 Å². The molecular formula is C7H14O4Si. The normalized spacial score (nSPS) is 8.58. The monoisotopic (exact) mass is 190 g/mol. The molecule has 0 heterocycles. The van der Waals surface area contributed by atoms with Gasteiger partial charge in [0.1, 0.15) is 0 Å².